The molecule has 8 heteroatoms. The number of nitrogens with one attached hydrogen (secondary N) is 2. The molecule has 2 aromatic heterocycles. The summed E-state index contributed by atoms with van der Waals surface area (Å²) in [6, 6.07) is 15.9. The lowest BCUT2D eigenvalue weighted by atomic mass is 10.1. The zero-order valence-corrected chi connectivity index (χ0v) is 17.7. The van der Waals surface area contributed by atoms with Crippen molar-refractivity contribution >= 4 is 34.0 Å². The average Bonchev–Trinajstić information content (AvgIpc) is 3.47. The number of carbonyl (C=O) groups is 2. The third kappa shape index (κ3) is 4.49. The quantitative estimate of drug-likeness (QED) is 0.435. The molecule has 0 saturated heterocycles. The summed E-state index contributed by atoms with van der Waals surface area (Å²) in [6.45, 7) is 1.85. The number of rotatable bonds is 6. The molecular weight excluding hydrogens is 414 g/mol. The maximum absolute atomic E-state index is 12.8. The van der Waals surface area contributed by atoms with Crippen molar-refractivity contribution in [1.82, 2.24) is 4.98 Å². The maximum Gasteiger partial charge on any atom is 0.291 e. The number of aryl methyl sites for hydroxylation is 1. The number of hydrogen-bond acceptors (Lipinski definition) is 6. The Labute approximate surface area is 182 Å². The molecule has 2 N–H and O–H groups in total. The second-order valence-electron chi connectivity index (χ2n) is 6.65. The summed E-state index contributed by atoms with van der Waals surface area (Å²) < 4.78 is 10.5. The van der Waals surface area contributed by atoms with Gasteiger partial charge in [0.2, 0.25) is 0 Å². The van der Waals surface area contributed by atoms with Crippen molar-refractivity contribution in [1.29, 1.82) is 0 Å². The number of hydrogen-bond donors (Lipinski definition) is 2. The lowest BCUT2D eigenvalue weighted by Gasteiger charge is -2.09. The molecule has 2 amide bonds. The Balaban J connectivity index is 1.50. The highest BCUT2D eigenvalue weighted by Gasteiger charge is 2.15. The van der Waals surface area contributed by atoms with E-state index < -0.39 is 0 Å². The molecule has 0 aliphatic rings. The number of carbonyl (C=O) groups excluding carboxylic acids is 2. The number of thiazole rings is 1. The van der Waals surface area contributed by atoms with Crippen LogP contribution in [0.1, 0.15) is 26.5 Å². The Kier molecular flexibility index (Phi) is 5.81. The van der Waals surface area contributed by atoms with Gasteiger partial charge in [0, 0.05) is 22.2 Å². The Morgan fingerprint density at radius 1 is 1.03 bits per heavy atom. The Morgan fingerprint density at radius 3 is 2.65 bits per heavy atom. The van der Waals surface area contributed by atoms with E-state index in [2.05, 4.69) is 15.6 Å². The molecule has 0 fully saturated rings. The van der Waals surface area contributed by atoms with Crippen LogP contribution in [0.3, 0.4) is 0 Å². The van der Waals surface area contributed by atoms with E-state index >= 15 is 0 Å². The van der Waals surface area contributed by atoms with Crippen LogP contribution in [0, 0.1) is 6.92 Å². The van der Waals surface area contributed by atoms with Crippen LogP contribution in [0.25, 0.3) is 11.3 Å². The van der Waals surface area contributed by atoms with Crippen molar-refractivity contribution in [3.63, 3.8) is 0 Å². The van der Waals surface area contributed by atoms with Gasteiger partial charge in [0.15, 0.2) is 10.9 Å². The highest BCUT2D eigenvalue weighted by molar-refractivity contribution is 7.14. The summed E-state index contributed by atoms with van der Waals surface area (Å²) in [5, 5.41) is 7.90. The van der Waals surface area contributed by atoms with Gasteiger partial charge in [-0.1, -0.05) is 18.2 Å². The zero-order chi connectivity index (χ0) is 21.8. The van der Waals surface area contributed by atoms with E-state index in [1.165, 1.54) is 17.6 Å². The second-order valence-corrected chi connectivity index (χ2v) is 7.51. The van der Waals surface area contributed by atoms with Crippen LogP contribution in [0.2, 0.25) is 0 Å². The summed E-state index contributed by atoms with van der Waals surface area (Å²) in [5.74, 6) is 0.198. The molecule has 7 nitrogen and oxygen atoms in total. The first-order chi connectivity index (χ1) is 15.0. The van der Waals surface area contributed by atoms with Gasteiger partial charge >= 0.3 is 0 Å². The molecule has 0 aliphatic heterocycles. The lowest BCUT2D eigenvalue weighted by molar-refractivity contribution is 0.0993. The van der Waals surface area contributed by atoms with Crippen molar-refractivity contribution in [3.05, 3.63) is 83.1 Å². The molecule has 31 heavy (non-hydrogen) atoms. The fourth-order valence-electron chi connectivity index (χ4n) is 2.97. The van der Waals surface area contributed by atoms with Crippen LogP contribution < -0.4 is 15.4 Å². The Morgan fingerprint density at radius 2 is 1.87 bits per heavy atom. The highest BCUT2D eigenvalue weighted by Crippen LogP contribution is 2.32. The Hall–Kier alpha value is -3.91. The molecular formula is C23H19N3O4S. The molecule has 0 unspecified atom stereocenters. The molecule has 0 bridgehead atoms. The standard InChI is InChI=1S/C23H19N3O4S/c1-14-9-10-15(12-17(14)24-22(28)20-8-5-11-30-20)21(27)26-23-25-18(13-31-23)16-6-3-4-7-19(16)29-2/h3-13H,1-2H3,(H,24,28)(H,25,26,27). The van der Waals surface area contributed by atoms with E-state index in [1.54, 1.807) is 37.4 Å². The topological polar surface area (TPSA) is 93.5 Å². The van der Waals surface area contributed by atoms with E-state index in [-0.39, 0.29) is 17.6 Å². The predicted octanol–water partition coefficient (Wildman–Crippen LogP) is 5.22. The molecule has 156 valence electrons. The van der Waals surface area contributed by atoms with E-state index in [0.29, 0.717) is 27.8 Å². The molecule has 0 aliphatic carbocycles. The fourth-order valence-corrected chi connectivity index (χ4v) is 3.68. The van der Waals surface area contributed by atoms with Gasteiger partial charge < -0.3 is 14.5 Å². The summed E-state index contributed by atoms with van der Waals surface area (Å²) in [5.41, 5.74) is 3.31. The van der Waals surface area contributed by atoms with Crippen molar-refractivity contribution in [2.45, 2.75) is 6.92 Å². The van der Waals surface area contributed by atoms with Gasteiger partial charge in [-0.3, -0.25) is 14.9 Å². The van der Waals surface area contributed by atoms with Crippen LogP contribution >= 0.6 is 11.3 Å². The van der Waals surface area contributed by atoms with Gasteiger partial charge in [-0.05, 0) is 48.9 Å². The summed E-state index contributed by atoms with van der Waals surface area (Å²) >= 11 is 1.32. The van der Waals surface area contributed by atoms with E-state index in [0.717, 1.165) is 11.1 Å². The molecule has 2 aromatic carbocycles. The fraction of sp³-hybridized carbons (Fsp3) is 0.0870. The van der Waals surface area contributed by atoms with Crippen molar-refractivity contribution in [2.75, 3.05) is 17.7 Å². The van der Waals surface area contributed by atoms with Gasteiger partial charge in [-0.2, -0.15) is 0 Å². The van der Waals surface area contributed by atoms with Crippen LogP contribution in [0.15, 0.2) is 70.7 Å². The normalized spacial score (nSPS) is 10.5. The van der Waals surface area contributed by atoms with Crippen LogP contribution in [-0.4, -0.2) is 23.9 Å². The predicted molar refractivity (Wildman–Crippen MR) is 120 cm³/mol. The molecule has 0 radical (unpaired) electrons. The number of amides is 2. The second kappa shape index (κ2) is 8.85. The largest absolute Gasteiger partial charge is 0.496 e. The summed E-state index contributed by atoms with van der Waals surface area (Å²) in [4.78, 5) is 29.5. The van der Waals surface area contributed by atoms with Gasteiger partial charge in [-0.15, -0.1) is 11.3 Å². The third-order valence-electron chi connectivity index (χ3n) is 4.60. The summed E-state index contributed by atoms with van der Waals surface area (Å²) in [7, 11) is 1.60. The van der Waals surface area contributed by atoms with E-state index in [1.807, 2.05) is 36.6 Å². The number of ether oxygens (including phenoxy) is 1. The molecule has 4 aromatic rings. The number of aromatic nitrogens is 1. The third-order valence-corrected chi connectivity index (χ3v) is 5.36. The average molecular weight is 433 g/mol. The molecule has 4 rings (SSSR count). The van der Waals surface area contributed by atoms with Gasteiger partial charge in [0.25, 0.3) is 11.8 Å². The van der Waals surface area contributed by atoms with Crippen LogP contribution in [-0.2, 0) is 0 Å². The van der Waals surface area contributed by atoms with Crippen molar-refractivity contribution < 1.29 is 18.7 Å². The first-order valence-corrected chi connectivity index (χ1v) is 10.3. The van der Waals surface area contributed by atoms with E-state index in [9.17, 15) is 9.59 Å². The van der Waals surface area contributed by atoms with Gasteiger partial charge in [0.1, 0.15) is 5.75 Å². The minimum atomic E-state index is -0.382. The number of benzene rings is 2. The smallest absolute Gasteiger partial charge is 0.291 e. The lowest BCUT2D eigenvalue weighted by Crippen LogP contribution is -2.15. The first-order valence-electron chi connectivity index (χ1n) is 9.41. The monoisotopic (exact) mass is 433 g/mol. The SMILES string of the molecule is COc1ccccc1-c1csc(NC(=O)c2ccc(C)c(NC(=O)c3ccco3)c2)n1. The van der Waals surface area contributed by atoms with Crippen LogP contribution in [0.4, 0.5) is 10.8 Å². The van der Waals surface area contributed by atoms with Crippen molar-refractivity contribution in [2.24, 2.45) is 0 Å². The maximum atomic E-state index is 12.8. The minimum absolute atomic E-state index is 0.195. The van der Waals surface area contributed by atoms with Gasteiger partial charge in [-0.25, -0.2) is 4.98 Å². The number of methoxy groups -OCH3 is 1. The van der Waals surface area contributed by atoms with E-state index in [4.69, 9.17) is 9.15 Å². The number of furan rings is 1. The number of nitrogens with zero attached hydrogens (tertiary/aromatic N) is 1. The number of anilines is 2. The number of para-hydroxylation sites is 1. The van der Waals surface area contributed by atoms with Gasteiger partial charge in [0.05, 0.1) is 19.1 Å². The Bertz CT molecular complexity index is 1230. The first kappa shape index (κ1) is 20.4. The van der Waals surface area contributed by atoms with Crippen molar-refractivity contribution in [3.8, 4) is 17.0 Å². The molecule has 0 saturated carbocycles. The summed E-state index contributed by atoms with van der Waals surface area (Å²) in [6.07, 6.45) is 1.43. The van der Waals surface area contributed by atoms with Crippen LogP contribution in [0.5, 0.6) is 5.75 Å². The minimum Gasteiger partial charge on any atom is -0.496 e. The highest BCUT2D eigenvalue weighted by atomic mass is 32.1. The molecule has 0 atom stereocenters. The molecule has 0 spiro atoms. The molecule has 2 heterocycles. The zero-order valence-electron chi connectivity index (χ0n) is 16.8.